The number of hydrogen-bond acceptors (Lipinski definition) is 1. The first-order chi connectivity index (χ1) is 12.2. The van der Waals surface area contributed by atoms with Crippen molar-refractivity contribution in [1.82, 2.24) is 0 Å². The van der Waals surface area contributed by atoms with Gasteiger partial charge in [-0.25, -0.2) is 0 Å². The number of benzene rings is 3. The normalized spacial score (nSPS) is 15.7. The SMILES string of the molecule is O=C1Nc2ccc(I)cc2C1=Cc1ccc2c(c1)Cc1ccccc1-2. The Morgan fingerprint density at radius 3 is 2.64 bits per heavy atom. The van der Waals surface area contributed by atoms with Gasteiger partial charge in [-0.05, 0) is 81.1 Å². The summed E-state index contributed by atoms with van der Waals surface area (Å²) in [5.41, 5.74) is 9.04. The van der Waals surface area contributed by atoms with Crippen LogP contribution in [0.15, 0.2) is 60.7 Å². The molecule has 3 aromatic rings. The van der Waals surface area contributed by atoms with Crippen LogP contribution in [0.3, 0.4) is 0 Å². The number of nitrogens with one attached hydrogen (secondary N) is 1. The fourth-order valence-corrected chi connectivity index (χ4v) is 4.22. The summed E-state index contributed by atoms with van der Waals surface area (Å²) in [7, 11) is 0. The van der Waals surface area contributed by atoms with Crippen LogP contribution < -0.4 is 5.32 Å². The van der Waals surface area contributed by atoms with E-state index in [0.29, 0.717) is 0 Å². The fraction of sp³-hybridized carbons (Fsp3) is 0.0455. The Balaban J connectivity index is 1.58. The number of hydrogen-bond donors (Lipinski definition) is 1. The summed E-state index contributed by atoms with van der Waals surface area (Å²) in [4.78, 5) is 12.4. The lowest BCUT2D eigenvalue weighted by atomic mass is 10.00. The molecule has 1 amide bonds. The number of carbonyl (C=O) groups excluding carboxylic acids is 1. The molecule has 0 aromatic heterocycles. The highest BCUT2D eigenvalue weighted by Gasteiger charge is 2.24. The van der Waals surface area contributed by atoms with Crippen LogP contribution in [0.5, 0.6) is 0 Å². The van der Waals surface area contributed by atoms with Gasteiger partial charge in [-0.3, -0.25) is 4.79 Å². The smallest absolute Gasteiger partial charge is 0.256 e. The molecular formula is C22H14INO. The zero-order valence-corrected chi connectivity index (χ0v) is 15.5. The molecule has 0 atom stereocenters. The van der Waals surface area contributed by atoms with Gasteiger partial charge in [-0.2, -0.15) is 0 Å². The molecule has 3 heteroatoms. The van der Waals surface area contributed by atoms with Crippen LogP contribution in [0.4, 0.5) is 5.69 Å². The van der Waals surface area contributed by atoms with Gasteiger partial charge in [0.05, 0.1) is 0 Å². The molecule has 3 aromatic carbocycles. The Bertz CT molecular complexity index is 1080. The average molecular weight is 435 g/mol. The van der Waals surface area contributed by atoms with E-state index in [1.54, 1.807) is 0 Å². The number of halogens is 1. The first-order valence-electron chi connectivity index (χ1n) is 8.23. The van der Waals surface area contributed by atoms with Crippen molar-refractivity contribution in [3.05, 3.63) is 86.5 Å². The summed E-state index contributed by atoms with van der Waals surface area (Å²) in [6, 6.07) is 21.1. The first kappa shape index (κ1) is 14.9. The van der Waals surface area contributed by atoms with Crippen molar-refractivity contribution in [2.45, 2.75) is 6.42 Å². The molecule has 120 valence electrons. The van der Waals surface area contributed by atoms with Gasteiger partial charge >= 0.3 is 0 Å². The standard InChI is InChI=1S/C22H14INO/c23-16-6-8-21-19(12-16)20(22(25)24-21)10-13-5-7-18-15(9-13)11-14-3-1-2-4-17(14)18/h1-10,12H,11H2,(H,24,25). The Kier molecular flexibility index (Phi) is 3.31. The molecule has 0 bridgehead atoms. The zero-order chi connectivity index (χ0) is 17.0. The molecule has 0 fully saturated rings. The van der Waals surface area contributed by atoms with Crippen LogP contribution in [0.25, 0.3) is 22.8 Å². The largest absolute Gasteiger partial charge is 0.321 e. The quantitative estimate of drug-likeness (QED) is 0.317. The second-order valence-corrected chi connectivity index (χ2v) is 7.70. The van der Waals surface area contributed by atoms with Crippen LogP contribution in [0.2, 0.25) is 0 Å². The van der Waals surface area contributed by atoms with Crippen LogP contribution >= 0.6 is 22.6 Å². The number of rotatable bonds is 1. The van der Waals surface area contributed by atoms with Gasteiger partial charge in [0.2, 0.25) is 0 Å². The molecule has 1 N–H and O–H groups in total. The van der Waals surface area contributed by atoms with E-state index in [1.807, 2.05) is 18.2 Å². The van der Waals surface area contributed by atoms with Crippen LogP contribution in [0, 0.1) is 3.57 Å². The highest BCUT2D eigenvalue weighted by atomic mass is 127. The molecule has 0 unspecified atom stereocenters. The summed E-state index contributed by atoms with van der Waals surface area (Å²) in [6.45, 7) is 0. The molecule has 1 aliphatic carbocycles. The third kappa shape index (κ3) is 2.42. The van der Waals surface area contributed by atoms with Gasteiger partial charge in [-0.1, -0.05) is 42.5 Å². The maximum Gasteiger partial charge on any atom is 0.256 e. The van der Waals surface area contributed by atoms with Crippen molar-refractivity contribution in [3.63, 3.8) is 0 Å². The van der Waals surface area contributed by atoms with E-state index in [2.05, 4.69) is 76.4 Å². The molecule has 0 saturated heterocycles. The van der Waals surface area contributed by atoms with Crippen LogP contribution in [-0.4, -0.2) is 5.91 Å². The molecule has 25 heavy (non-hydrogen) atoms. The maximum absolute atomic E-state index is 12.4. The maximum atomic E-state index is 12.4. The summed E-state index contributed by atoms with van der Waals surface area (Å²) in [5.74, 6) is -0.0271. The molecule has 2 nitrogen and oxygen atoms in total. The van der Waals surface area contributed by atoms with E-state index in [4.69, 9.17) is 0 Å². The Morgan fingerprint density at radius 2 is 1.72 bits per heavy atom. The lowest BCUT2D eigenvalue weighted by Gasteiger charge is -2.04. The van der Waals surface area contributed by atoms with Gasteiger partial charge in [0.1, 0.15) is 0 Å². The Hall–Kier alpha value is -2.40. The predicted octanol–water partition coefficient (Wildman–Crippen LogP) is 5.36. The lowest BCUT2D eigenvalue weighted by Crippen LogP contribution is -2.03. The highest BCUT2D eigenvalue weighted by molar-refractivity contribution is 14.1. The minimum atomic E-state index is -0.0271. The number of anilines is 1. The van der Waals surface area contributed by atoms with E-state index >= 15 is 0 Å². The van der Waals surface area contributed by atoms with Crippen molar-refractivity contribution < 1.29 is 4.79 Å². The number of carbonyl (C=O) groups is 1. The van der Waals surface area contributed by atoms with Crippen LogP contribution in [-0.2, 0) is 11.2 Å². The second kappa shape index (κ2) is 5.56. The summed E-state index contributed by atoms with van der Waals surface area (Å²) >= 11 is 2.28. The van der Waals surface area contributed by atoms with Gasteiger partial charge in [0.25, 0.3) is 5.91 Å². The van der Waals surface area contributed by atoms with Crippen molar-refractivity contribution >= 4 is 45.8 Å². The van der Waals surface area contributed by atoms with E-state index in [1.165, 1.54) is 22.3 Å². The van der Waals surface area contributed by atoms with Crippen molar-refractivity contribution in [1.29, 1.82) is 0 Å². The number of amides is 1. The first-order valence-corrected chi connectivity index (χ1v) is 9.31. The summed E-state index contributed by atoms with van der Waals surface area (Å²) < 4.78 is 1.13. The molecule has 0 saturated carbocycles. The molecule has 5 rings (SSSR count). The summed E-state index contributed by atoms with van der Waals surface area (Å²) in [6.07, 6.45) is 2.96. The van der Waals surface area contributed by atoms with Gasteiger partial charge in [0.15, 0.2) is 0 Å². The number of fused-ring (bicyclic) bond motifs is 4. The van der Waals surface area contributed by atoms with Crippen LogP contribution in [0.1, 0.15) is 22.3 Å². The van der Waals surface area contributed by atoms with Crippen molar-refractivity contribution in [2.75, 3.05) is 5.32 Å². The van der Waals surface area contributed by atoms with Gasteiger partial charge < -0.3 is 5.32 Å². The topological polar surface area (TPSA) is 29.1 Å². The Morgan fingerprint density at radius 1 is 0.880 bits per heavy atom. The third-order valence-electron chi connectivity index (χ3n) is 4.89. The molecule has 0 radical (unpaired) electrons. The minimum absolute atomic E-state index is 0.0271. The van der Waals surface area contributed by atoms with Crippen molar-refractivity contribution in [3.8, 4) is 11.1 Å². The second-order valence-electron chi connectivity index (χ2n) is 6.45. The van der Waals surface area contributed by atoms with E-state index in [-0.39, 0.29) is 5.91 Å². The minimum Gasteiger partial charge on any atom is -0.321 e. The third-order valence-corrected chi connectivity index (χ3v) is 5.56. The molecule has 0 spiro atoms. The monoisotopic (exact) mass is 435 g/mol. The molecular weight excluding hydrogens is 421 g/mol. The van der Waals surface area contributed by atoms with E-state index < -0.39 is 0 Å². The molecule has 2 aliphatic rings. The molecule has 1 aliphatic heterocycles. The zero-order valence-electron chi connectivity index (χ0n) is 13.3. The average Bonchev–Trinajstić information content (AvgIpc) is 3.12. The lowest BCUT2D eigenvalue weighted by molar-refractivity contribution is -0.110. The molecule has 1 heterocycles. The Labute approximate surface area is 159 Å². The highest BCUT2D eigenvalue weighted by Crippen LogP contribution is 2.38. The van der Waals surface area contributed by atoms with Gasteiger partial charge in [0, 0.05) is 20.4 Å². The summed E-state index contributed by atoms with van der Waals surface area (Å²) in [5, 5.41) is 2.95. The predicted molar refractivity (Wildman–Crippen MR) is 110 cm³/mol. The fourth-order valence-electron chi connectivity index (χ4n) is 3.73. The van der Waals surface area contributed by atoms with Gasteiger partial charge in [-0.15, -0.1) is 0 Å². The van der Waals surface area contributed by atoms with E-state index in [0.717, 1.165) is 32.4 Å². The van der Waals surface area contributed by atoms with E-state index in [9.17, 15) is 4.79 Å². The van der Waals surface area contributed by atoms with Crippen molar-refractivity contribution in [2.24, 2.45) is 0 Å².